The highest BCUT2D eigenvalue weighted by atomic mass is 16.1. The average Bonchev–Trinajstić information content (AvgIpc) is 2.31. The zero-order chi connectivity index (χ0) is 13.0. The Kier molecular flexibility index (Phi) is 5.44. The van der Waals surface area contributed by atoms with Crippen molar-refractivity contribution in [2.75, 3.05) is 0 Å². The highest BCUT2D eigenvalue weighted by molar-refractivity contribution is 5.79. The van der Waals surface area contributed by atoms with E-state index < -0.39 is 0 Å². The Bertz CT molecular complexity index is 255. The molecule has 5 unspecified atom stereocenters. The second-order valence-electron chi connectivity index (χ2n) is 5.83. The molecule has 0 aromatic rings. The van der Waals surface area contributed by atoms with E-state index in [0.717, 1.165) is 25.7 Å². The van der Waals surface area contributed by atoms with Crippen LogP contribution in [0, 0.1) is 17.8 Å². The quantitative estimate of drug-likeness (QED) is 0.792. The fourth-order valence-electron chi connectivity index (χ4n) is 2.43. The van der Waals surface area contributed by atoms with Crippen molar-refractivity contribution >= 4 is 5.91 Å². The summed E-state index contributed by atoms with van der Waals surface area (Å²) in [5.74, 6) is 1.44. The molecular weight excluding hydrogens is 212 g/mol. The lowest BCUT2D eigenvalue weighted by Gasteiger charge is -2.32. The minimum atomic E-state index is 0.132. The normalized spacial score (nSPS) is 32.9. The molecule has 0 bridgehead atoms. The molecule has 3 N–H and O–H groups in total. The molecule has 1 aliphatic rings. The van der Waals surface area contributed by atoms with Gasteiger partial charge in [-0.3, -0.25) is 4.79 Å². The predicted octanol–water partition coefficient (Wildman–Crippen LogP) is 2.30. The fraction of sp³-hybridized carbons (Fsp3) is 0.929. The third-order valence-corrected chi connectivity index (χ3v) is 4.50. The second kappa shape index (κ2) is 6.39. The van der Waals surface area contributed by atoms with Gasteiger partial charge < -0.3 is 11.1 Å². The summed E-state index contributed by atoms with van der Waals surface area (Å²) in [4.78, 5) is 12.1. The summed E-state index contributed by atoms with van der Waals surface area (Å²) in [5.41, 5.74) is 6.04. The monoisotopic (exact) mass is 240 g/mol. The Morgan fingerprint density at radius 1 is 1.41 bits per heavy atom. The fourth-order valence-corrected chi connectivity index (χ4v) is 2.43. The third kappa shape index (κ3) is 3.98. The molecule has 1 fully saturated rings. The maximum Gasteiger partial charge on any atom is 0.223 e. The standard InChI is InChI=1S/C14H28N2O/c1-5-9(2)11(4)16-14(17)12-7-6-10(3)13(15)8-12/h9-13H,5-8,15H2,1-4H3,(H,16,17). The molecule has 0 saturated heterocycles. The Morgan fingerprint density at radius 2 is 2.06 bits per heavy atom. The van der Waals surface area contributed by atoms with Gasteiger partial charge in [-0.2, -0.15) is 0 Å². The van der Waals surface area contributed by atoms with Gasteiger partial charge >= 0.3 is 0 Å². The Labute approximate surface area is 106 Å². The molecule has 1 saturated carbocycles. The maximum atomic E-state index is 12.1. The number of hydrogen-bond acceptors (Lipinski definition) is 2. The summed E-state index contributed by atoms with van der Waals surface area (Å²) in [7, 11) is 0. The van der Waals surface area contributed by atoms with Crippen molar-refractivity contribution in [2.24, 2.45) is 23.5 Å². The van der Waals surface area contributed by atoms with Gasteiger partial charge in [0.15, 0.2) is 0 Å². The van der Waals surface area contributed by atoms with Crippen LogP contribution in [0.5, 0.6) is 0 Å². The number of nitrogens with one attached hydrogen (secondary N) is 1. The van der Waals surface area contributed by atoms with E-state index in [1.165, 1.54) is 0 Å². The van der Waals surface area contributed by atoms with Gasteiger partial charge in [0.05, 0.1) is 0 Å². The number of carbonyl (C=O) groups excluding carboxylic acids is 1. The summed E-state index contributed by atoms with van der Waals surface area (Å²) in [6, 6.07) is 0.460. The number of amides is 1. The van der Waals surface area contributed by atoms with Gasteiger partial charge in [-0.05, 0) is 38.0 Å². The molecule has 5 atom stereocenters. The van der Waals surface area contributed by atoms with Gasteiger partial charge in [0.1, 0.15) is 0 Å². The maximum absolute atomic E-state index is 12.1. The van der Waals surface area contributed by atoms with E-state index in [9.17, 15) is 4.79 Å². The molecule has 17 heavy (non-hydrogen) atoms. The molecule has 3 nitrogen and oxygen atoms in total. The molecule has 1 amide bonds. The van der Waals surface area contributed by atoms with Crippen LogP contribution in [0.15, 0.2) is 0 Å². The molecule has 3 heteroatoms. The Hall–Kier alpha value is -0.570. The van der Waals surface area contributed by atoms with Crippen LogP contribution in [0.2, 0.25) is 0 Å². The van der Waals surface area contributed by atoms with Crippen LogP contribution in [0.3, 0.4) is 0 Å². The van der Waals surface area contributed by atoms with E-state index >= 15 is 0 Å². The molecule has 1 rings (SSSR count). The van der Waals surface area contributed by atoms with E-state index in [4.69, 9.17) is 5.73 Å². The molecular formula is C14H28N2O. The molecule has 100 valence electrons. The number of carbonyl (C=O) groups is 1. The first-order valence-corrected chi connectivity index (χ1v) is 7.01. The van der Waals surface area contributed by atoms with Gasteiger partial charge in [0.2, 0.25) is 5.91 Å². The third-order valence-electron chi connectivity index (χ3n) is 4.50. The average molecular weight is 240 g/mol. The predicted molar refractivity (Wildman–Crippen MR) is 71.5 cm³/mol. The topological polar surface area (TPSA) is 55.1 Å². The molecule has 0 aromatic heterocycles. The highest BCUT2D eigenvalue weighted by Gasteiger charge is 2.30. The first-order valence-electron chi connectivity index (χ1n) is 7.01. The van der Waals surface area contributed by atoms with Crippen LogP contribution < -0.4 is 11.1 Å². The SMILES string of the molecule is CCC(C)C(C)NC(=O)C1CCC(C)C(N)C1. The number of rotatable bonds is 4. The van der Waals surface area contributed by atoms with E-state index in [1.54, 1.807) is 0 Å². The van der Waals surface area contributed by atoms with E-state index in [0.29, 0.717) is 11.8 Å². The highest BCUT2D eigenvalue weighted by Crippen LogP contribution is 2.28. The van der Waals surface area contributed by atoms with Crippen molar-refractivity contribution in [2.45, 2.75) is 65.5 Å². The van der Waals surface area contributed by atoms with Crippen molar-refractivity contribution < 1.29 is 4.79 Å². The van der Waals surface area contributed by atoms with Crippen molar-refractivity contribution in [3.8, 4) is 0 Å². The summed E-state index contributed by atoms with van der Waals surface area (Å²) in [5, 5.41) is 3.14. The van der Waals surface area contributed by atoms with Crippen LogP contribution in [0.4, 0.5) is 0 Å². The first kappa shape index (κ1) is 14.5. The van der Waals surface area contributed by atoms with E-state index in [2.05, 4.69) is 33.0 Å². The Balaban J connectivity index is 2.43. The lowest BCUT2D eigenvalue weighted by molar-refractivity contribution is -0.127. The molecule has 0 radical (unpaired) electrons. The summed E-state index contributed by atoms with van der Waals surface area (Å²) in [6.07, 6.45) is 4.02. The van der Waals surface area contributed by atoms with E-state index in [1.807, 2.05) is 0 Å². The van der Waals surface area contributed by atoms with E-state index in [-0.39, 0.29) is 23.9 Å². The number of nitrogens with two attached hydrogens (primary N) is 1. The van der Waals surface area contributed by atoms with Gasteiger partial charge in [-0.25, -0.2) is 0 Å². The first-order chi connectivity index (χ1) is 7.95. The van der Waals surface area contributed by atoms with Gasteiger partial charge in [0.25, 0.3) is 0 Å². The van der Waals surface area contributed by atoms with Gasteiger partial charge in [-0.15, -0.1) is 0 Å². The van der Waals surface area contributed by atoms with Crippen LogP contribution in [-0.4, -0.2) is 18.0 Å². The minimum absolute atomic E-state index is 0.132. The zero-order valence-corrected chi connectivity index (χ0v) is 11.7. The second-order valence-corrected chi connectivity index (χ2v) is 5.83. The smallest absolute Gasteiger partial charge is 0.223 e. The largest absolute Gasteiger partial charge is 0.353 e. The van der Waals surface area contributed by atoms with Crippen molar-refractivity contribution in [3.05, 3.63) is 0 Å². The van der Waals surface area contributed by atoms with Crippen LogP contribution in [-0.2, 0) is 4.79 Å². The molecule has 0 heterocycles. The van der Waals surface area contributed by atoms with Crippen molar-refractivity contribution in [1.29, 1.82) is 0 Å². The van der Waals surface area contributed by atoms with Crippen LogP contribution in [0.25, 0.3) is 0 Å². The molecule has 1 aliphatic carbocycles. The summed E-state index contributed by atoms with van der Waals surface area (Å²) < 4.78 is 0. The lowest BCUT2D eigenvalue weighted by Crippen LogP contribution is -2.45. The van der Waals surface area contributed by atoms with Crippen molar-refractivity contribution in [3.63, 3.8) is 0 Å². The van der Waals surface area contributed by atoms with Crippen LogP contribution in [0.1, 0.15) is 53.4 Å². The zero-order valence-electron chi connectivity index (χ0n) is 11.7. The van der Waals surface area contributed by atoms with Gasteiger partial charge in [0, 0.05) is 18.0 Å². The Morgan fingerprint density at radius 3 is 2.59 bits per heavy atom. The molecule has 0 aliphatic heterocycles. The number of hydrogen-bond donors (Lipinski definition) is 2. The van der Waals surface area contributed by atoms with Crippen molar-refractivity contribution in [1.82, 2.24) is 5.32 Å². The molecule has 0 aromatic carbocycles. The molecule has 0 spiro atoms. The summed E-state index contributed by atoms with van der Waals surface area (Å²) in [6.45, 7) is 8.61. The minimum Gasteiger partial charge on any atom is -0.353 e. The van der Waals surface area contributed by atoms with Crippen LogP contribution >= 0.6 is 0 Å². The van der Waals surface area contributed by atoms with Gasteiger partial charge in [-0.1, -0.05) is 27.2 Å². The summed E-state index contributed by atoms with van der Waals surface area (Å²) >= 11 is 0. The lowest BCUT2D eigenvalue weighted by atomic mass is 9.79.